The minimum Gasteiger partial charge on any atom is -0.494 e. The van der Waals surface area contributed by atoms with Crippen LogP contribution in [0.15, 0.2) is 24.3 Å². The van der Waals surface area contributed by atoms with Gasteiger partial charge in [0.1, 0.15) is 5.75 Å². The molecule has 1 aromatic carbocycles. The van der Waals surface area contributed by atoms with Gasteiger partial charge in [-0.1, -0.05) is 26.0 Å². The predicted octanol–water partition coefficient (Wildman–Crippen LogP) is 3.47. The van der Waals surface area contributed by atoms with Gasteiger partial charge in [-0.05, 0) is 43.4 Å². The van der Waals surface area contributed by atoms with Gasteiger partial charge in [0.2, 0.25) is 0 Å². The molecule has 0 aromatic heterocycles. The van der Waals surface area contributed by atoms with Crippen LogP contribution in [0.4, 0.5) is 0 Å². The second-order valence-corrected chi connectivity index (χ2v) is 6.28. The van der Waals surface area contributed by atoms with Crippen molar-refractivity contribution in [2.75, 3.05) is 32.8 Å². The monoisotopic (exact) mass is 290 g/mol. The first kappa shape index (κ1) is 16.3. The topological polar surface area (TPSA) is 24.5 Å². The van der Waals surface area contributed by atoms with Crippen molar-refractivity contribution in [3.63, 3.8) is 0 Å². The Morgan fingerprint density at radius 3 is 2.33 bits per heavy atom. The largest absolute Gasteiger partial charge is 0.494 e. The Morgan fingerprint density at radius 1 is 1.10 bits per heavy atom. The average Bonchev–Trinajstić information content (AvgIpc) is 2.50. The molecule has 21 heavy (non-hydrogen) atoms. The Kier molecular flexibility index (Phi) is 6.52. The number of hydrogen-bond donors (Lipinski definition) is 1. The third-order valence-corrected chi connectivity index (χ3v) is 4.19. The number of piperazine rings is 1. The van der Waals surface area contributed by atoms with Gasteiger partial charge in [-0.2, -0.15) is 0 Å². The van der Waals surface area contributed by atoms with Crippen molar-refractivity contribution >= 4 is 0 Å². The highest BCUT2D eigenvalue weighted by atomic mass is 16.5. The molecule has 0 unspecified atom stereocenters. The number of rotatable bonds is 7. The highest BCUT2D eigenvalue weighted by Gasteiger charge is 2.22. The zero-order valence-electron chi connectivity index (χ0n) is 13.8. The first-order valence-electron chi connectivity index (χ1n) is 8.38. The lowest BCUT2D eigenvalue weighted by atomic mass is 9.95. The van der Waals surface area contributed by atoms with Crippen LogP contribution >= 0.6 is 0 Å². The molecule has 118 valence electrons. The maximum absolute atomic E-state index is 5.56. The summed E-state index contributed by atoms with van der Waals surface area (Å²) in [5, 5.41) is 3.45. The Balaban J connectivity index is 2.08. The van der Waals surface area contributed by atoms with Crippen LogP contribution < -0.4 is 10.1 Å². The van der Waals surface area contributed by atoms with E-state index in [4.69, 9.17) is 4.74 Å². The van der Waals surface area contributed by atoms with Gasteiger partial charge in [0.25, 0.3) is 0 Å². The quantitative estimate of drug-likeness (QED) is 0.832. The summed E-state index contributed by atoms with van der Waals surface area (Å²) in [4.78, 5) is 2.63. The molecule has 1 saturated heterocycles. The molecule has 0 saturated carbocycles. The van der Waals surface area contributed by atoms with Crippen molar-refractivity contribution < 1.29 is 4.74 Å². The van der Waals surface area contributed by atoms with E-state index in [1.54, 1.807) is 0 Å². The van der Waals surface area contributed by atoms with Crippen molar-refractivity contribution in [2.45, 2.75) is 39.7 Å². The van der Waals surface area contributed by atoms with E-state index < -0.39 is 0 Å². The van der Waals surface area contributed by atoms with Crippen molar-refractivity contribution in [3.8, 4) is 5.75 Å². The summed E-state index contributed by atoms with van der Waals surface area (Å²) in [6, 6.07) is 9.27. The van der Waals surface area contributed by atoms with Gasteiger partial charge in [0.15, 0.2) is 0 Å². The van der Waals surface area contributed by atoms with Gasteiger partial charge < -0.3 is 10.1 Å². The summed E-state index contributed by atoms with van der Waals surface area (Å²) < 4.78 is 5.56. The second kappa shape index (κ2) is 8.40. The molecule has 3 heteroatoms. The first-order chi connectivity index (χ1) is 10.2. The third-order valence-electron chi connectivity index (χ3n) is 4.19. The SMILES string of the molecule is CCOc1ccc([C@H](CCC(C)C)N2CCNCC2)cc1. The summed E-state index contributed by atoms with van der Waals surface area (Å²) >= 11 is 0. The van der Waals surface area contributed by atoms with E-state index >= 15 is 0 Å². The number of benzene rings is 1. The van der Waals surface area contributed by atoms with E-state index in [9.17, 15) is 0 Å². The minimum absolute atomic E-state index is 0.546. The standard InChI is InChI=1S/C18H30N2O/c1-4-21-17-8-6-16(7-9-17)18(10-5-15(2)3)20-13-11-19-12-14-20/h6-9,15,18-19H,4-5,10-14H2,1-3H3/t18-/m0/s1. The normalized spacial score (nSPS) is 17.9. The first-order valence-corrected chi connectivity index (χ1v) is 8.38. The fourth-order valence-corrected chi connectivity index (χ4v) is 3.00. The van der Waals surface area contributed by atoms with E-state index in [0.29, 0.717) is 6.04 Å². The van der Waals surface area contributed by atoms with Crippen LogP contribution in [-0.4, -0.2) is 37.7 Å². The maximum Gasteiger partial charge on any atom is 0.119 e. The lowest BCUT2D eigenvalue weighted by molar-refractivity contribution is 0.159. The number of nitrogens with one attached hydrogen (secondary N) is 1. The van der Waals surface area contributed by atoms with Crippen molar-refractivity contribution in [1.29, 1.82) is 0 Å². The van der Waals surface area contributed by atoms with Crippen LogP contribution in [0.3, 0.4) is 0 Å². The Morgan fingerprint density at radius 2 is 1.76 bits per heavy atom. The molecule has 1 heterocycles. The summed E-state index contributed by atoms with van der Waals surface area (Å²) in [6.07, 6.45) is 2.52. The number of ether oxygens (including phenoxy) is 1. The van der Waals surface area contributed by atoms with Crippen molar-refractivity contribution in [1.82, 2.24) is 10.2 Å². The van der Waals surface area contributed by atoms with E-state index in [0.717, 1.165) is 44.5 Å². The lowest BCUT2D eigenvalue weighted by Crippen LogP contribution is -2.45. The molecule has 0 aliphatic carbocycles. The Hall–Kier alpha value is -1.06. The minimum atomic E-state index is 0.546. The van der Waals surface area contributed by atoms with E-state index in [2.05, 4.69) is 48.3 Å². The molecule has 1 aromatic rings. The van der Waals surface area contributed by atoms with Crippen molar-refractivity contribution in [2.24, 2.45) is 5.92 Å². The van der Waals surface area contributed by atoms with Gasteiger partial charge in [-0.15, -0.1) is 0 Å². The van der Waals surface area contributed by atoms with Gasteiger partial charge in [-0.25, -0.2) is 0 Å². The predicted molar refractivity (Wildman–Crippen MR) is 88.9 cm³/mol. The van der Waals surface area contributed by atoms with Gasteiger partial charge in [0, 0.05) is 32.2 Å². The van der Waals surface area contributed by atoms with E-state index in [1.165, 1.54) is 18.4 Å². The smallest absolute Gasteiger partial charge is 0.119 e. The zero-order chi connectivity index (χ0) is 15.1. The fraction of sp³-hybridized carbons (Fsp3) is 0.667. The lowest BCUT2D eigenvalue weighted by Gasteiger charge is -2.35. The van der Waals surface area contributed by atoms with Crippen LogP contribution in [-0.2, 0) is 0 Å². The molecule has 3 nitrogen and oxygen atoms in total. The molecular weight excluding hydrogens is 260 g/mol. The van der Waals surface area contributed by atoms with Gasteiger partial charge in [-0.3, -0.25) is 4.90 Å². The molecule has 1 fully saturated rings. The van der Waals surface area contributed by atoms with Gasteiger partial charge in [0.05, 0.1) is 6.61 Å². The molecule has 0 bridgehead atoms. The molecule has 1 N–H and O–H groups in total. The summed E-state index contributed by atoms with van der Waals surface area (Å²) in [5.74, 6) is 1.74. The summed E-state index contributed by atoms with van der Waals surface area (Å²) in [5.41, 5.74) is 1.43. The molecule has 0 amide bonds. The van der Waals surface area contributed by atoms with E-state index in [1.807, 2.05) is 6.92 Å². The molecule has 0 radical (unpaired) electrons. The van der Waals surface area contributed by atoms with E-state index in [-0.39, 0.29) is 0 Å². The molecule has 0 spiro atoms. The van der Waals surface area contributed by atoms with Gasteiger partial charge >= 0.3 is 0 Å². The summed E-state index contributed by atoms with van der Waals surface area (Å²) in [6.45, 7) is 11.9. The Bertz CT molecular complexity index is 396. The van der Waals surface area contributed by atoms with Crippen molar-refractivity contribution in [3.05, 3.63) is 29.8 Å². The number of nitrogens with zero attached hydrogens (tertiary/aromatic N) is 1. The average molecular weight is 290 g/mol. The number of hydrogen-bond acceptors (Lipinski definition) is 3. The van der Waals surface area contributed by atoms with Crippen LogP contribution in [0.5, 0.6) is 5.75 Å². The van der Waals surface area contributed by atoms with Crippen LogP contribution in [0, 0.1) is 5.92 Å². The highest BCUT2D eigenvalue weighted by Crippen LogP contribution is 2.29. The Labute approximate surface area is 129 Å². The summed E-state index contributed by atoms with van der Waals surface area (Å²) in [7, 11) is 0. The maximum atomic E-state index is 5.56. The van der Waals surface area contributed by atoms with Crippen LogP contribution in [0.1, 0.15) is 45.2 Å². The fourth-order valence-electron chi connectivity index (χ4n) is 3.00. The van der Waals surface area contributed by atoms with Crippen LogP contribution in [0.2, 0.25) is 0 Å². The zero-order valence-corrected chi connectivity index (χ0v) is 13.8. The molecule has 1 aliphatic heterocycles. The molecule has 2 rings (SSSR count). The third kappa shape index (κ3) is 5.01. The molecular formula is C18H30N2O. The molecule has 1 aliphatic rings. The van der Waals surface area contributed by atoms with Crippen LogP contribution in [0.25, 0.3) is 0 Å². The second-order valence-electron chi connectivity index (χ2n) is 6.28. The highest BCUT2D eigenvalue weighted by molar-refractivity contribution is 5.29. The molecule has 1 atom stereocenters.